The highest BCUT2D eigenvalue weighted by molar-refractivity contribution is 7.91. The highest BCUT2D eigenvalue weighted by Crippen LogP contribution is 2.30. The van der Waals surface area contributed by atoms with Crippen molar-refractivity contribution in [1.82, 2.24) is 9.27 Å². The van der Waals surface area contributed by atoms with Crippen molar-refractivity contribution in [2.75, 3.05) is 36.9 Å². The number of sulfone groups is 1. The molecule has 9 heteroatoms. The van der Waals surface area contributed by atoms with Crippen molar-refractivity contribution in [3.05, 3.63) is 0 Å². The van der Waals surface area contributed by atoms with E-state index in [-0.39, 0.29) is 23.2 Å². The lowest BCUT2D eigenvalue weighted by molar-refractivity contribution is -0.128. The molecule has 0 unspecified atom stereocenters. The van der Waals surface area contributed by atoms with E-state index in [1.165, 1.54) is 0 Å². The summed E-state index contributed by atoms with van der Waals surface area (Å²) in [7, 11) is -3.46. The lowest BCUT2D eigenvalue weighted by atomic mass is 10.4. The number of nitrogens with two attached hydrogens (primary N) is 1. The molecule has 0 aliphatic carbocycles. The number of hydrogen-bond acceptors (Lipinski definition) is 7. The Hall–Kier alpha value is -1.35. The number of nitrogens with one attached hydrogen (secondary N) is 1. The Bertz CT molecular complexity index is 549. The first-order valence-electron chi connectivity index (χ1n) is 5.78. The minimum Gasteiger partial charge on any atom is -0.382 e. The molecule has 0 atom stereocenters. The number of aromatic nitrogens is 1. The van der Waals surface area contributed by atoms with E-state index in [0.717, 1.165) is 17.8 Å². The molecule has 108 valence electrons. The third-order valence-electron chi connectivity index (χ3n) is 2.56. The van der Waals surface area contributed by atoms with Crippen LogP contribution in [0.5, 0.6) is 0 Å². The molecule has 3 N–H and O–H groups in total. The maximum atomic E-state index is 11.8. The van der Waals surface area contributed by atoms with Gasteiger partial charge in [-0.1, -0.05) is 0 Å². The summed E-state index contributed by atoms with van der Waals surface area (Å²) in [6.45, 7) is 5.01. The van der Waals surface area contributed by atoms with Crippen molar-refractivity contribution in [2.45, 2.75) is 18.7 Å². The third-order valence-corrected chi connectivity index (χ3v) is 4.66. The molecule has 1 aromatic heterocycles. The quantitative estimate of drug-likeness (QED) is 0.788. The SMILES string of the molecule is CCN(CC)C(=O)CNc1snc(N)c1S(C)(=O)=O. The van der Waals surface area contributed by atoms with Crippen LogP contribution in [0.4, 0.5) is 10.8 Å². The Balaban J connectivity index is 2.83. The number of nitrogen functional groups attached to an aromatic ring is 1. The molecule has 7 nitrogen and oxygen atoms in total. The standard InChI is InChI=1S/C10H18N4O3S2/c1-4-14(5-2)7(15)6-12-10-8(19(3,16)17)9(11)13-18-10/h12H,4-6H2,1-3H3,(H2,11,13). The second-order valence-electron chi connectivity index (χ2n) is 3.92. The predicted octanol–water partition coefficient (Wildman–Crippen LogP) is 0.409. The topological polar surface area (TPSA) is 105 Å². The molecule has 0 radical (unpaired) electrons. The molecule has 1 amide bonds. The summed E-state index contributed by atoms with van der Waals surface area (Å²) in [5.74, 6) is -0.137. The molecular formula is C10H18N4O3S2. The van der Waals surface area contributed by atoms with Crippen LogP contribution in [0.1, 0.15) is 13.8 Å². The van der Waals surface area contributed by atoms with Gasteiger partial charge in [-0.05, 0) is 25.4 Å². The average molecular weight is 306 g/mol. The molecule has 0 spiro atoms. The van der Waals surface area contributed by atoms with Crippen LogP contribution in [-0.2, 0) is 14.6 Å². The lowest BCUT2D eigenvalue weighted by Gasteiger charge is -2.18. The number of nitrogens with zero attached hydrogens (tertiary/aromatic N) is 2. The molecule has 0 saturated heterocycles. The zero-order chi connectivity index (χ0) is 14.6. The molecule has 0 aliphatic heterocycles. The van der Waals surface area contributed by atoms with Crippen LogP contribution in [0, 0.1) is 0 Å². The van der Waals surface area contributed by atoms with Gasteiger partial charge in [0.15, 0.2) is 15.7 Å². The summed E-state index contributed by atoms with van der Waals surface area (Å²) in [5, 5.41) is 3.10. The van der Waals surface area contributed by atoms with Crippen LogP contribution in [0.2, 0.25) is 0 Å². The van der Waals surface area contributed by atoms with Gasteiger partial charge >= 0.3 is 0 Å². The zero-order valence-electron chi connectivity index (χ0n) is 11.1. The van der Waals surface area contributed by atoms with E-state index >= 15 is 0 Å². The first kappa shape index (κ1) is 15.7. The highest BCUT2D eigenvalue weighted by atomic mass is 32.2. The Morgan fingerprint density at radius 3 is 2.47 bits per heavy atom. The first-order valence-corrected chi connectivity index (χ1v) is 8.44. The van der Waals surface area contributed by atoms with Crippen molar-refractivity contribution in [1.29, 1.82) is 0 Å². The van der Waals surface area contributed by atoms with Gasteiger partial charge in [-0.3, -0.25) is 4.79 Å². The van der Waals surface area contributed by atoms with E-state index in [0.29, 0.717) is 18.1 Å². The van der Waals surface area contributed by atoms with Gasteiger partial charge in [-0.25, -0.2) is 8.42 Å². The molecule has 0 bridgehead atoms. The van der Waals surface area contributed by atoms with Gasteiger partial charge in [-0.15, -0.1) is 0 Å². The summed E-state index contributed by atoms with van der Waals surface area (Å²) in [5.41, 5.74) is 5.53. The van der Waals surface area contributed by atoms with Gasteiger partial charge in [0.1, 0.15) is 9.90 Å². The largest absolute Gasteiger partial charge is 0.382 e. The lowest BCUT2D eigenvalue weighted by Crippen LogP contribution is -2.35. The minimum atomic E-state index is -3.46. The van der Waals surface area contributed by atoms with E-state index < -0.39 is 9.84 Å². The molecule has 0 aliphatic rings. The number of rotatable bonds is 6. The maximum Gasteiger partial charge on any atom is 0.241 e. The van der Waals surface area contributed by atoms with Gasteiger partial charge in [0.2, 0.25) is 5.91 Å². The van der Waals surface area contributed by atoms with Gasteiger partial charge in [0.25, 0.3) is 0 Å². The first-order chi connectivity index (χ1) is 8.81. The summed E-state index contributed by atoms with van der Waals surface area (Å²) in [6, 6.07) is 0. The van der Waals surface area contributed by atoms with Crippen molar-refractivity contribution >= 4 is 38.1 Å². The van der Waals surface area contributed by atoms with Crippen molar-refractivity contribution in [2.24, 2.45) is 0 Å². The van der Waals surface area contributed by atoms with Crippen LogP contribution < -0.4 is 11.1 Å². The van der Waals surface area contributed by atoms with Crippen molar-refractivity contribution in [3.8, 4) is 0 Å². The van der Waals surface area contributed by atoms with Crippen LogP contribution in [0.3, 0.4) is 0 Å². The Labute approximate surface area is 116 Å². The van der Waals surface area contributed by atoms with E-state index in [2.05, 4.69) is 9.69 Å². The normalized spacial score (nSPS) is 11.3. The number of carbonyl (C=O) groups is 1. The molecule has 19 heavy (non-hydrogen) atoms. The molecule has 0 aromatic carbocycles. The minimum absolute atomic E-state index is 0.0197. The molecular weight excluding hydrogens is 288 g/mol. The van der Waals surface area contributed by atoms with Gasteiger partial charge in [0.05, 0.1) is 6.54 Å². The summed E-state index contributed by atoms with van der Waals surface area (Å²) >= 11 is 0.936. The van der Waals surface area contributed by atoms with Crippen LogP contribution >= 0.6 is 11.5 Å². The third kappa shape index (κ3) is 3.80. The van der Waals surface area contributed by atoms with E-state index in [9.17, 15) is 13.2 Å². The highest BCUT2D eigenvalue weighted by Gasteiger charge is 2.22. The zero-order valence-corrected chi connectivity index (χ0v) is 12.8. The number of likely N-dealkylation sites (N-methyl/N-ethyl adjacent to an activating group) is 1. The summed E-state index contributed by atoms with van der Waals surface area (Å²) in [6.07, 6.45) is 1.06. The fourth-order valence-corrected chi connectivity index (χ4v) is 3.67. The van der Waals surface area contributed by atoms with E-state index in [4.69, 9.17) is 5.73 Å². The van der Waals surface area contributed by atoms with Gasteiger partial charge < -0.3 is 16.0 Å². The maximum absolute atomic E-state index is 11.8. The second kappa shape index (κ2) is 6.20. The second-order valence-corrected chi connectivity index (χ2v) is 6.64. The van der Waals surface area contributed by atoms with Crippen LogP contribution in [0.25, 0.3) is 0 Å². The van der Waals surface area contributed by atoms with Gasteiger partial charge in [-0.2, -0.15) is 4.37 Å². The molecule has 0 saturated carbocycles. The Morgan fingerprint density at radius 1 is 1.42 bits per heavy atom. The number of anilines is 2. The Kier molecular flexibility index (Phi) is 5.12. The molecule has 1 heterocycles. The number of hydrogen-bond donors (Lipinski definition) is 2. The van der Waals surface area contributed by atoms with Gasteiger partial charge in [0, 0.05) is 19.3 Å². The number of carbonyl (C=O) groups excluding carboxylic acids is 1. The smallest absolute Gasteiger partial charge is 0.241 e. The van der Waals surface area contributed by atoms with E-state index in [1.54, 1.807) is 4.90 Å². The summed E-state index contributed by atoms with van der Waals surface area (Å²) in [4.78, 5) is 13.4. The fourth-order valence-electron chi connectivity index (χ4n) is 1.61. The Morgan fingerprint density at radius 2 is 2.00 bits per heavy atom. The van der Waals surface area contributed by atoms with Crippen LogP contribution in [0.15, 0.2) is 4.90 Å². The van der Waals surface area contributed by atoms with Crippen molar-refractivity contribution in [3.63, 3.8) is 0 Å². The van der Waals surface area contributed by atoms with E-state index in [1.807, 2.05) is 13.8 Å². The van der Waals surface area contributed by atoms with Crippen LogP contribution in [-0.4, -0.2) is 49.5 Å². The average Bonchev–Trinajstić information content (AvgIpc) is 2.69. The monoisotopic (exact) mass is 306 g/mol. The summed E-state index contributed by atoms with van der Waals surface area (Å²) < 4.78 is 27.0. The van der Waals surface area contributed by atoms with Crippen molar-refractivity contribution < 1.29 is 13.2 Å². The fraction of sp³-hybridized carbons (Fsp3) is 0.600. The number of amides is 1. The molecule has 1 rings (SSSR count). The predicted molar refractivity (Wildman–Crippen MR) is 76.1 cm³/mol. The molecule has 1 aromatic rings. The molecule has 0 fully saturated rings.